The van der Waals surface area contributed by atoms with Crippen LogP contribution in [0.4, 0.5) is 0 Å². The lowest BCUT2D eigenvalue weighted by atomic mass is 9.78. The van der Waals surface area contributed by atoms with E-state index >= 15 is 0 Å². The lowest BCUT2D eigenvalue weighted by molar-refractivity contribution is 0.181. The zero-order valence-electron chi connectivity index (χ0n) is 12.2. The first-order valence-corrected chi connectivity index (χ1v) is 8.21. The van der Waals surface area contributed by atoms with Crippen LogP contribution in [0, 0.1) is 16.6 Å². The van der Waals surface area contributed by atoms with Crippen molar-refractivity contribution in [1.82, 2.24) is 9.55 Å². The lowest BCUT2D eigenvalue weighted by Crippen LogP contribution is -2.34. The molecule has 112 valence electrons. The van der Waals surface area contributed by atoms with E-state index in [9.17, 15) is 4.79 Å². The van der Waals surface area contributed by atoms with Crippen LogP contribution in [-0.2, 0) is 0 Å². The van der Waals surface area contributed by atoms with Crippen molar-refractivity contribution < 1.29 is 0 Å². The lowest BCUT2D eigenvalue weighted by Gasteiger charge is -2.35. The molecule has 1 saturated carbocycles. The number of H-pyrrole nitrogens is 1. The fourth-order valence-electron chi connectivity index (χ4n) is 3.42. The second-order valence-electron chi connectivity index (χ2n) is 6.13. The molecule has 3 rings (SSSR count). The molecule has 0 spiro atoms. The summed E-state index contributed by atoms with van der Waals surface area (Å²) in [6.07, 6.45) is 3.38. The minimum absolute atomic E-state index is 0.0257. The highest BCUT2D eigenvalue weighted by Crippen LogP contribution is 2.37. The smallest absolute Gasteiger partial charge is 0.262 e. The van der Waals surface area contributed by atoms with Gasteiger partial charge in [-0.1, -0.05) is 38.3 Å². The molecule has 0 unspecified atom stereocenters. The predicted octanol–water partition coefficient (Wildman–Crippen LogP) is 4.71. The number of nitrogens with one attached hydrogen (secondary N) is 1. The van der Waals surface area contributed by atoms with Gasteiger partial charge in [-0.2, -0.15) is 0 Å². The van der Waals surface area contributed by atoms with Crippen LogP contribution < -0.4 is 5.56 Å². The molecule has 0 aliphatic heterocycles. The first-order chi connectivity index (χ1) is 9.99. The van der Waals surface area contributed by atoms with Crippen LogP contribution >= 0.6 is 23.8 Å². The van der Waals surface area contributed by atoms with Crippen LogP contribution in [-0.4, -0.2) is 9.55 Å². The predicted molar refractivity (Wildman–Crippen MR) is 89.6 cm³/mol. The minimum Gasteiger partial charge on any atom is -0.332 e. The summed E-state index contributed by atoms with van der Waals surface area (Å²) >= 11 is 11.5. The number of aromatic nitrogens is 2. The summed E-state index contributed by atoms with van der Waals surface area (Å²) in [7, 11) is 0. The Morgan fingerprint density at radius 2 is 2.10 bits per heavy atom. The van der Waals surface area contributed by atoms with E-state index in [0.29, 0.717) is 27.0 Å². The number of hydrogen-bond donors (Lipinski definition) is 1. The standard InChI is InChI=1S/C16H19ClN2OS/c1-9-4-3-5-14(10(9)2)19-15(20)12-8-11(17)6-7-13(12)18-16(19)21/h6-10,14H,3-5H2,1-2H3,(H,18,21)/t9-,10-,14-/m1/s1. The van der Waals surface area contributed by atoms with Crippen molar-refractivity contribution in [2.45, 2.75) is 39.2 Å². The van der Waals surface area contributed by atoms with Gasteiger partial charge in [-0.05, 0) is 48.7 Å². The Balaban J connectivity index is 2.23. The van der Waals surface area contributed by atoms with Gasteiger partial charge in [-0.25, -0.2) is 0 Å². The molecular weight excluding hydrogens is 304 g/mol. The van der Waals surface area contributed by atoms with Gasteiger partial charge in [-0.3, -0.25) is 9.36 Å². The first-order valence-electron chi connectivity index (χ1n) is 7.43. The largest absolute Gasteiger partial charge is 0.332 e. The summed E-state index contributed by atoms with van der Waals surface area (Å²) < 4.78 is 2.29. The highest BCUT2D eigenvalue weighted by Gasteiger charge is 2.29. The molecule has 2 aromatic rings. The molecule has 5 heteroatoms. The normalized spacial score (nSPS) is 26.1. The van der Waals surface area contributed by atoms with Gasteiger partial charge in [0.15, 0.2) is 4.77 Å². The summed E-state index contributed by atoms with van der Waals surface area (Å²) in [5.74, 6) is 1.06. The molecule has 3 nitrogen and oxygen atoms in total. The van der Waals surface area contributed by atoms with E-state index in [1.807, 2.05) is 6.07 Å². The summed E-state index contributed by atoms with van der Waals surface area (Å²) in [6.45, 7) is 4.48. The van der Waals surface area contributed by atoms with Crippen LogP contribution in [0.2, 0.25) is 5.02 Å². The fourth-order valence-corrected chi connectivity index (χ4v) is 3.92. The van der Waals surface area contributed by atoms with E-state index in [1.54, 1.807) is 16.7 Å². The Morgan fingerprint density at radius 3 is 2.86 bits per heavy atom. The fraction of sp³-hybridized carbons (Fsp3) is 0.500. The topological polar surface area (TPSA) is 37.8 Å². The van der Waals surface area contributed by atoms with Gasteiger partial charge >= 0.3 is 0 Å². The summed E-state index contributed by atoms with van der Waals surface area (Å²) in [5.41, 5.74) is 0.726. The molecule has 1 N–H and O–H groups in total. The number of nitrogens with zero attached hydrogens (tertiary/aromatic N) is 1. The van der Waals surface area contributed by atoms with Gasteiger partial charge in [0.1, 0.15) is 0 Å². The van der Waals surface area contributed by atoms with Gasteiger partial charge in [0.25, 0.3) is 5.56 Å². The molecule has 1 fully saturated rings. The second-order valence-corrected chi connectivity index (χ2v) is 6.95. The van der Waals surface area contributed by atoms with E-state index < -0.39 is 0 Å². The van der Waals surface area contributed by atoms with Crippen molar-refractivity contribution in [2.24, 2.45) is 11.8 Å². The molecule has 21 heavy (non-hydrogen) atoms. The van der Waals surface area contributed by atoms with Crippen LogP contribution in [0.25, 0.3) is 10.9 Å². The van der Waals surface area contributed by atoms with Gasteiger partial charge < -0.3 is 4.98 Å². The van der Waals surface area contributed by atoms with Crippen molar-refractivity contribution in [3.05, 3.63) is 38.3 Å². The van der Waals surface area contributed by atoms with E-state index in [-0.39, 0.29) is 11.6 Å². The van der Waals surface area contributed by atoms with E-state index in [1.165, 1.54) is 6.42 Å². The van der Waals surface area contributed by atoms with Crippen molar-refractivity contribution in [3.63, 3.8) is 0 Å². The Morgan fingerprint density at radius 1 is 1.33 bits per heavy atom. The molecule has 1 aromatic heterocycles. The second kappa shape index (κ2) is 5.58. The van der Waals surface area contributed by atoms with Crippen molar-refractivity contribution in [2.75, 3.05) is 0 Å². The maximum atomic E-state index is 12.9. The summed E-state index contributed by atoms with van der Waals surface area (Å²) in [5, 5.41) is 1.18. The van der Waals surface area contributed by atoms with Crippen LogP contribution in [0.3, 0.4) is 0 Å². The third-order valence-electron chi connectivity index (χ3n) is 4.89. The van der Waals surface area contributed by atoms with Gasteiger partial charge in [-0.15, -0.1) is 0 Å². The molecule has 1 aliphatic rings. The van der Waals surface area contributed by atoms with Gasteiger partial charge in [0.05, 0.1) is 10.9 Å². The highest BCUT2D eigenvalue weighted by atomic mass is 35.5. The molecule has 1 aliphatic carbocycles. The Hall–Kier alpha value is -1.13. The molecule has 0 bridgehead atoms. The van der Waals surface area contributed by atoms with Gasteiger partial charge in [0, 0.05) is 11.1 Å². The number of aromatic amines is 1. The zero-order valence-corrected chi connectivity index (χ0v) is 13.8. The zero-order chi connectivity index (χ0) is 15.1. The molecule has 0 amide bonds. The number of benzene rings is 1. The quantitative estimate of drug-likeness (QED) is 0.772. The van der Waals surface area contributed by atoms with Crippen LogP contribution in [0.15, 0.2) is 23.0 Å². The van der Waals surface area contributed by atoms with Crippen LogP contribution in [0.1, 0.15) is 39.2 Å². The number of fused-ring (bicyclic) bond motifs is 1. The number of halogens is 1. The Kier molecular flexibility index (Phi) is 3.93. The Bertz CT molecular complexity index is 795. The average Bonchev–Trinajstić information content (AvgIpc) is 2.44. The summed E-state index contributed by atoms with van der Waals surface area (Å²) in [6, 6.07) is 5.47. The molecule has 1 heterocycles. The molecule has 0 radical (unpaired) electrons. The van der Waals surface area contributed by atoms with Crippen molar-refractivity contribution in [3.8, 4) is 0 Å². The molecule has 1 aromatic carbocycles. The van der Waals surface area contributed by atoms with E-state index in [0.717, 1.165) is 18.4 Å². The molecule has 0 saturated heterocycles. The highest BCUT2D eigenvalue weighted by molar-refractivity contribution is 7.71. The molecule has 3 atom stereocenters. The van der Waals surface area contributed by atoms with Crippen molar-refractivity contribution >= 4 is 34.7 Å². The Labute approximate surface area is 133 Å². The van der Waals surface area contributed by atoms with Crippen molar-refractivity contribution in [1.29, 1.82) is 0 Å². The number of rotatable bonds is 1. The van der Waals surface area contributed by atoms with Gasteiger partial charge in [0.2, 0.25) is 0 Å². The summed E-state index contributed by atoms with van der Waals surface area (Å²) in [4.78, 5) is 16.0. The van der Waals surface area contributed by atoms with Crippen LogP contribution in [0.5, 0.6) is 0 Å². The minimum atomic E-state index is -0.0257. The third-order valence-corrected chi connectivity index (χ3v) is 5.42. The van der Waals surface area contributed by atoms with E-state index in [4.69, 9.17) is 23.8 Å². The maximum absolute atomic E-state index is 12.9. The maximum Gasteiger partial charge on any atom is 0.262 e. The van der Waals surface area contributed by atoms with E-state index in [2.05, 4.69) is 18.8 Å². The average molecular weight is 323 g/mol. The third kappa shape index (κ3) is 2.55. The SMILES string of the molecule is C[C@@H]1[C@H](C)CCC[C@H]1n1c(=S)[nH]c2ccc(Cl)cc2c1=O. The number of hydrogen-bond acceptors (Lipinski definition) is 2. The monoisotopic (exact) mass is 322 g/mol. The first kappa shape index (κ1) is 14.8. The molecular formula is C16H19ClN2OS.